The number of nitrogens with two attached hydrogens (primary N) is 1. The molecule has 1 fully saturated rings. The predicted octanol–water partition coefficient (Wildman–Crippen LogP) is 1.53. The van der Waals surface area contributed by atoms with Crippen LogP contribution in [0.3, 0.4) is 0 Å². The van der Waals surface area contributed by atoms with Gasteiger partial charge in [-0.2, -0.15) is 0 Å². The first kappa shape index (κ1) is 14.3. The van der Waals surface area contributed by atoms with Crippen LogP contribution >= 0.6 is 0 Å². The van der Waals surface area contributed by atoms with Crippen molar-refractivity contribution in [3.8, 4) is 5.75 Å². The van der Waals surface area contributed by atoms with Crippen LogP contribution < -0.4 is 10.5 Å². The van der Waals surface area contributed by atoms with Gasteiger partial charge in [0.25, 0.3) is 0 Å². The van der Waals surface area contributed by atoms with Crippen molar-refractivity contribution < 1.29 is 13.2 Å². The summed E-state index contributed by atoms with van der Waals surface area (Å²) >= 11 is 0. The molecule has 0 aromatic heterocycles. The molecule has 2 rings (SSSR count). The maximum absolute atomic E-state index is 12.1. The fourth-order valence-corrected chi connectivity index (χ4v) is 4.78. The van der Waals surface area contributed by atoms with Crippen LogP contribution in [-0.4, -0.2) is 32.6 Å². The molecule has 1 saturated heterocycles. The summed E-state index contributed by atoms with van der Waals surface area (Å²) in [4.78, 5) is 0. The van der Waals surface area contributed by atoms with Gasteiger partial charge in [0.05, 0.1) is 18.1 Å². The molecule has 1 aromatic rings. The van der Waals surface area contributed by atoms with Crippen LogP contribution in [0.5, 0.6) is 5.75 Å². The predicted molar refractivity (Wildman–Crippen MR) is 76.1 cm³/mol. The average molecular weight is 283 g/mol. The van der Waals surface area contributed by atoms with E-state index in [0.717, 1.165) is 24.2 Å². The van der Waals surface area contributed by atoms with Crippen molar-refractivity contribution in [2.75, 3.05) is 12.9 Å². The highest BCUT2D eigenvalue weighted by Crippen LogP contribution is 2.25. The molecule has 0 radical (unpaired) electrons. The van der Waals surface area contributed by atoms with Crippen LogP contribution in [0.25, 0.3) is 0 Å². The van der Waals surface area contributed by atoms with Crippen LogP contribution in [-0.2, 0) is 16.3 Å². The maximum Gasteiger partial charge on any atom is 0.154 e. The largest absolute Gasteiger partial charge is 0.496 e. The number of sulfone groups is 1. The summed E-state index contributed by atoms with van der Waals surface area (Å²) in [5, 5.41) is -0.411. The zero-order valence-electron chi connectivity index (χ0n) is 11.2. The molecule has 5 heteroatoms. The Bertz CT molecular complexity index is 527. The molecular formula is C14H21NO3S. The Balaban J connectivity index is 2.14. The van der Waals surface area contributed by atoms with Crippen molar-refractivity contribution in [3.05, 3.63) is 29.8 Å². The van der Waals surface area contributed by atoms with Crippen molar-refractivity contribution in [2.45, 2.75) is 37.0 Å². The lowest BCUT2D eigenvalue weighted by atomic mass is 10.00. The Hall–Kier alpha value is -1.07. The Kier molecular flexibility index (Phi) is 4.47. The number of para-hydroxylation sites is 1. The maximum atomic E-state index is 12.1. The molecule has 2 unspecified atom stereocenters. The van der Waals surface area contributed by atoms with Crippen molar-refractivity contribution in [1.29, 1.82) is 0 Å². The van der Waals surface area contributed by atoms with Crippen molar-refractivity contribution >= 4 is 9.84 Å². The Labute approximate surface area is 114 Å². The standard InChI is InChI=1S/C14H21NO3S/c1-18-13-7-3-2-6-11(13)10-12(15)14-8-4-5-9-19(14,16)17/h2-3,6-7,12,14H,4-5,8-10,15H2,1H3. The number of benzene rings is 1. The second-order valence-corrected chi connectivity index (χ2v) is 7.42. The molecule has 0 saturated carbocycles. The first-order valence-corrected chi connectivity index (χ1v) is 8.35. The summed E-state index contributed by atoms with van der Waals surface area (Å²) in [5.74, 6) is 1.04. The summed E-state index contributed by atoms with van der Waals surface area (Å²) in [7, 11) is -1.42. The van der Waals surface area contributed by atoms with Gasteiger partial charge in [0.15, 0.2) is 9.84 Å². The second kappa shape index (κ2) is 5.92. The highest BCUT2D eigenvalue weighted by atomic mass is 32.2. The lowest BCUT2D eigenvalue weighted by Gasteiger charge is -2.27. The van der Waals surface area contributed by atoms with E-state index in [1.165, 1.54) is 0 Å². The van der Waals surface area contributed by atoms with Gasteiger partial charge in [-0.25, -0.2) is 8.42 Å². The Morgan fingerprint density at radius 3 is 2.79 bits per heavy atom. The molecule has 1 aliphatic rings. The normalized spacial score (nSPS) is 23.8. The highest BCUT2D eigenvalue weighted by molar-refractivity contribution is 7.92. The average Bonchev–Trinajstić information content (AvgIpc) is 2.38. The number of hydrogen-bond donors (Lipinski definition) is 1. The van der Waals surface area contributed by atoms with Crippen molar-refractivity contribution in [1.82, 2.24) is 0 Å². The second-order valence-electron chi connectivity index (χ2n) is 5.08. The van der Waals surface area contributed by atoms with Gasteiger partial charge in [0.2, 0.25) is 0 Å². The van der Waals surface area contributed by atoms with Gasteiger partial charge >= 0.3 is 0 Å². The van der Waals surface area contributed by atoms with Crippen LogP contribution in [0, 0.1) is 0 Å². The summed E-state index contributed by atoms with van der Waals surface area (Å²) in [6, 6.07) is 7.26. The summed E-state index contributed by atoms with van der Waals surface area (Å²) in [6.07, 6.45) is 2.93. The zero-order chi connectivity index (χ0) is 13.9. The number of ether oxygens (including phenoxy) is 1. The van der Waals surface area contributed by atoms with E-state index >= 15 is 0 Å². The number of hydrogen-bond acceptors (Lipinski definition) is 4. The Morgan fingerprint density at radius 2 is 2.11 bits per heavy atom. The molecule has 2 N–H and O–H groups in total. The number of methoxy groups -OCH3 is 1. The first-order chi connectivity index (χ1) is 9.04. The third kappa shape index (κ3) is 3.28. The molecule has 1 aliphatic heterocycles. The van der Waals surface area contributed by atoms with E-state index in [4.69, 9.17) is 10.5 Å². The lowest BCUT2D eigenvalue weighted by molar-refractivity contribution is 0.406. The molecule has 0 amide bonds. The molecule has 0 bridgehead atoms. The minimum atomic E-state index is -3.03. The molecule has 2 atom stereocenters. The molecule has 1 aromatic carbocycles. The number of rotatable bonds is 4. The van der Waals surface area contributed by atoms with Gasteiger partial charge in [-0.3, -0.25) is 0 Å². The van der Waals surface area contributed by atoms with Gasteiger partial charge < -0.3 is 10.5 Å². The van der Waals surface area contributed by atoms with Gasteiger partial charge in [-0.15, -0.1) is 0 Å². The van der Waals surface area contributed by atoms with Crippen LogP contribution in [0.15, 0.2) is 24.3 Å². The summed E-state index contributed by atoms with van der Waals surface area (Å²) in [5.41, 5.74) is 7.12. The van der Waals surface area contributed by atoms with Gasteiger partial charge in [-0.05, 0) is 30.9 Å². The summed E-state index contributed by atoms with van der Waals surface area (Å²) in [6.45, 7) is 0. The minimum absolute atomic E-state index is 0.275. The van der Waals surface area contributed by atoms with Crippen LogP contribution in [0.2, 0.25) is 0 Å². The van der Waals surface area contributed by atoms with Crippen LogP contribution in [0.1, 0.15) is 24.8 Å². The van der Waals surface area contributed by atoms with Crippen molar-refractivity contribution in [2.24, 2.45) is 5.73 Å². The molecule has 0 spiro atoms. The minimum Gasteiger partial charge on any atom is -0.496 e. The molecular weight excluding hydrogens is 262 g/mol. The van der Waals surface area contributed by atoms with E-state index in [9.17, 15) is 8.42 Å². The smallest absolute Gasteiger partial charge is 0.154 e. The molecule has 106 valence electrons. The molecule has 19 heavy (non-hydrogen) atoms. The van der Waals surface area contributed by atoms with E-state index in [1.54, 1.807) is 7.11 Å². The SMILES string of the molecule is COc1ccccc1CC(N)C1CCCCS1(=O)=O. The van der Waals surface area contributed by atoms with E-state index in [0.29, 0.717) is 12.8 Å². The van der Waals surface area contributed by atoms with E-state index in [2.05, 4.69) is 0 Å². The highest BCUT2D eigenvalue weighted by Gasteiger charge is 2.33. The third-order valence-electron chi connectivity index (χ3n) is 3.75. The van der Waals surface area contributed by atoms with Gasteiger partial charge in [-0.1, -0.05) is 24.6 Å². The van der Waals surface area contributed by atoms with Gasteiger partial charge in [0, 0.05) is 6.04 Å². The van der Waals surface area contributed by atoms with E-state index < -0.39 is 15.1 Å². The first-order valence-electron chi connectivity index (χ1n) is 6.63. The topological polar surface area (TPSA) is 69.4 Å². The fraction of sp³-hybridized carbons (Fsp3) is 0.571. The molecule has 1 heterocycles. The fourth-order valence-electron chi connectivity index (χ4n) is 2.72. The van der Waals surface area contributed by atoms with Gasteiger partial charge in [0.1, 0.15) is 5.75 Å². The molecule has 0 aliphatic carbocycles. The van der Waals surface area contributed by atoms with Crippen LogP contribution in [0.4, 0.5) is 0 Å². The van der Waals surface area contributed by atoms with E-state index in [1.807, 2.05) is 24.3 Å². The van der Waals surface area contributed by atoms with E-state index in [-0.39, 0.29) is 11.8 Å². The quantitative estimate of drug-likeness (QED) is 0.910. The lowest BCUT2D eigenvalue weighted by Crippen LogP contribution is -2.44. The Morgan fingerprint density at radius 1 is 1.37 bits per heavy atom. The monoisotopic (exact) mass is 283 g/mol. The van der Waals surface area contributed by atoms with Crippen molar-refractivity contribution in [3.63, 3.8) is 0 Å². The summed E-state index contributed by atoms with van der Waals surface area (Å²) < 4.78 is 29.4. The third-order valence-corrected chi connectivity index (χ3v) is 6.12. The zero-order valence-corrected chi connectivity index (χ0v) is 12.0. The molecule has 4 nitrogen and oxygen atoms in total.